The van der Waals surface area contributed by atoms with Crippen LogP contribution in [0.25, 0.3) is 0 Å². The summed E-state index contributed by atoms with van der Waals surface area (Å²) in [6, 6.07) is -0.613. The van der Waals surface area contributed by atoms with Gasteiger partial charge in [-0.15, -0.1) is 0 Å². The molecular formula is C44H82NO7+. The van der Waals surface area contributed by atoms with E-state index in [0.29, 0.717) is 19.3 Å². The molecule has 0 bridgehead atoms. The third-order valence-corrected chi connectivity index (χ3v) is 9.63. The zero-order valence-electron chi connectivity index (χ0n) is 34.5. The third kappa shape index (κ3) is 33.6. The van der Waals surface area contributed by atoms with Gasteiger partial charge in [-0.25, -0.2) is 4.79 Å². The largest absolute Gasteiger partial charge is 0.477 e. The molecule has 0 saturated heterocycles. The molecule has 0 fully saturated rings. The number of carboxylic acids is 1. The lowest BCUT2D eigenvalue weighted by atomic mass is 10.1. The lowest BCUT2D eigenvalue weighted by Crippen LogP contribution is -2.50. The summed E-state index contributed by atoms with van der Waals surface area (Å²) in [6.07, 6.45) is 37.9. The molecule has 8 nitrogen and oxygen atoms in total. The first-order chi connectivity index (χ1) is 25.1. The van der Waals surface area contributed by atoms with Gasteiger partial charge in [0.15, 0.2) is 12.1 Å². The molecule has 0 rings (SSSR count). The first-order valence-electron chi connectivity index (χ1n) is 21.4. The first kappa shape index (κ1) is 49.8. The van der Waals surface area contributed by atoms with Gasteiger partial charge in [-0.3, -0.25) is 9.59 Å². The van der Waals surface area contributed by atoms with E-state index >= 15 is 0 Å². The Labute approximate surface area is 320 Å². The smallest absolute Gasteiger partial charge is 0.362 e. The van der Waals surface area contributed by atoms with Gasteiger partial charge in [0, 0.05) is 19.3 Å². The Morgan fingerprint density at radius 2 is 1.00 bits per heavy atom. The van der Waals surface area contributed by atoms with E-state index in [2.05, 4.69) is 38.2 Å². The number of esters is 2. The van der Waals surface area contributed by atoms with Gasteiger partial charge in [0.1, 0.15) is 6.61 Å². The average Bonchev–Trinajstić information content (AvgIpc) is 3.09. The number of rotatable bonds is 38. The van der Waals surface area contributed by atoms with Crippen molar-refractivity contribution in [2.75, 3.05) is 41.0 Å². The first-order valence-corrected chi connectivity index (χ1v) is 21.4. The van der Waals surface area contributed by atoms with Gasteiger partial charge in [-0.05, 0) is 38.5 Å². The quantitative estimate of drug-likeness (QED) is 0.0291. The topological polar surface area (TPSA) is 99.1 Å². The number of likely N-dealkylation sites (N-methyl/N-ethyl adjacent to an activating group) is 1. The van der Waals surface area contributed by atoms with E-state index in [-0.39, 0.29) is 36.2 Å². The van der Waals surface area contributed by atoms with E-state index in [9.17, 15) is 19.5 Å². The second-order valence-electron chi connectivity index (χ2n) is 15.6. The van der Waals surface area contributed by atoms with Crippen molar-refractivity contribution in [2.24, 2.45) is 0 Å². The summed E-state index contributed by atoms with van der Waals surface area (Å²) < 4.78 is 17.2. The van der Waals surface area contributed by atoms with Crippen molar-refractivity contribution >= 4 is 17.9 Å². The van der Waals surface area contributed by atoms with Gasteiger partial charge in [0.2, 0.25) is 0 Å². The van der Waals surface area contributed by atoms with Crippen molar-refractivity contribution in [3.05, 3.63) is 24.3 Å². The fourth-order valence-corrected chi connectivity index (χ4v) is 6.26. The minimum Gasteiger partial charge on any atom is -0.477 e. The second-order valence-corrected chi connectivity index (χ2v) is 15.6. The molecule has 0 heterocycles. The van der Waals surface area contributed by atoms with Crippen LogP contribution in [0.15, 0.2) is 24.3 Å². The maximum Gasteiger partial charge on any atom is 0.362 e. The zero-order chi connectivity index (χ0) is 38.5. The number of quaternary nitrogens is 1. The van der Waals surface area contributed by atoms with Crippen LogP contribution < -0.4 is 0 Å². The van der Waals surface area contributed by atoms with E-state index in [1.54, 1.807) is 0 Å². The van der Waals surface area contributed by atoms with Crippen molar-refractivity contribution in [2.45, 2.75) is 199 Å². The Hall–Kier alpha value is -2.19. The van der Waals surface area contributed by atoms with E-state index in [1.807, 2.05) is 21.1 Å². The molecule has 0 saturated carbocycles. The van der Waals surface area contributed by atoms with E-state index in [4.69, 9.17) is 14.2 Å². The number of unbranched alkanes of at least 4 members (excludes halogenated alkanes) is 21. The second kappa shape index (κ2) is 35.8. The molecule has 0 amide bonds. The Kier molecular flexibility index (Phi) is 34.3. The maximum atomic E-state index is 12.6. The number of carboxylic acid groups (broad SMARTS) is 1. The highest BCUT2D eigenvalue weighted by Gasteiger charge is 2.31. The molecule has 0 aliphatic rings. The Morgan fingerprint density at radius 3 is 1.44 bits per heavy atom. The lowest BCUT2D eigenvalue weighted by molar-refractivity contribution is -0.887. The number of aliphatic carboxylic acids is 1. The predicted octanol–water partition coefficient (Wildman–Crippen LogP) is 11.3. The molecule has 0 aromatic carbocycles. The normalized spacial score (nSPS) is 13.2. The summed E-state index contributed by atoms with van der Waals surface area (Å²) in [7, 11) is 5.52. The Bertz CT molecular complexity index is 911. The van der Waals surface area contributed by atoms with Crippen LogP contribution in [0.4, 0.5) is 0 Å². The molecule has 0 aromatic heterocycles. The fourth-order valence-electron chi connectivity index (χ4n) is 6.26. The van der Waals surface area contributed by atoms with Crippen LogP contribution in [0.1, 0.15) is 187 Å². The van der Waals surface area contributed by atoms with Crippen LogP contribution in [-0.4, -0.2) is 80.6 Å². The van der Waals surface area contributed by atoms with Crippen LogP contribution in [0.5, 0.6) is 0 Å². The summed E-state index contributed by atoms with van der Waals surface area (Å²) in [4.78, 5) is 36.8. The number of allylic oxidation sites excluding steroid dienone is 4. The molecule has 2 atom stereocenters. The third-order valence-electron chi connectivity index (χ3n) is 9.63. The van der Waals surface area contributed by atoms with Crippen molar-refractivity contribution in [1.29, 1.82) is 0 Å². The van der Waals surface area contributed by atoms with Crippen LogP contribution in [-0.2, 0) is 28.6 Å². The van der Waals surface area contributed by atoms with E-state index < -0.39 is 18.1 Å². The van der Waals surface area contributed by atoms with Gasteiger partial charge in [0.05, 0.1) is 34.4 Å². The number of carbonyl (C=O) groups excluding carboxylic acids is 2. The Morgan fingerprint density at radius 1 is 0.577 bits per heavy atom. The van der Waals surface area contributed by atoms with E-state index in [1.165, 1.54) is 96.3 Å². The van der Waals surface area contributed by atoms with Crippen LogP contribution >= 0.6 is 0 Å². The number of hydrogen-bond donors (Lipinski definition) is 1. The Balaban J connectivity index is 4.33. The molecule has 52 heavy (non-hydrogen) atoms. The van der Waals surface area contributed by atoms with Crippen molar-refractivity contribution in [3.63, 3.8) is 0 Å². The molecule has 0 aliphatic carbocycles. The van der Waals surface area contributed by atoms with Gasteiger partial charge in [0.25, 0.3) is 0 Å². The fraction of sp³-hybridized carbons (Fsp3) is 0.841. The number of nitrogens with zero attached hydrogens (tertiary/aromatic N) is 1. The molecule has 0 spiro atoms. The van der Waals surface area contributed by atoms with Gasteiger partial charge in [-0.2, -0.15) is 0 Å². The minimum absolute atomic E-state index is 0.0554. The molecule has 8 heteroatoms. The molecule has 0 aliphatic heterocycles. The summed E-state index contributed by atoms with van der Waals surface area (Å²) >= 11 is 0. The average molecular weight is 737 g/mol. The SMILES string of the molecule is CCCCCCCCC/C=C/C=C/CCCCCCCC(=O)OCC(COCCC(C(=O)O)[N+](C)(C)C)OC(=O)CCCCCCCCCCCC. The zero-order valence-corrected chi connectivity index (χ0v) is 34.5. The predicted molar refractivity (Wildman–Crippen MR) is 215 cm³/mol. The monoisotopic (exact) mass is 737 g/mol. The highest BCUT2D eigenvalue weighted by Crippen LogP contribution is 2.14. The number of ether oxygens (including phenoxy) is 3. The molecule has 0 aromatic rings. The number of hydrogen-bond acceptors (Lipinski definition) is 6. The minimum atomic E-state index is -0.877. The summed E-state index contributed by atoms with van der Waals surface area (Å²) in [5.74, 6) is -1.48. The van der Waals surface area contributed by atoms with Gasteiger partial charge < -0.3 is 23.8 Å². The van der Waals surface area contributed by atoms with Crippen molar-refractivity contribution < 1.29 is 38.2 Å². The molecule has 0 radical (unpaired) electrons. The van der Waals surface area contributed by atoms with Crippen LogP contribution in [0.2, 0.25) is 0 Å². The van der Waals surface area contributed by atoms with E-state index in [0.717, 1.165) is 57.8 Å². The van der Waals surface area contributed by atoms with Gasteiger partial charge >= 0.3 is 17.9 Å². The highest BCUT2D eigenvalue weighted by molar-refractivity contribution is 5.72. The molecular weight excluding hydrogens is 654 g/mol. The molecule has 304 valence electrons. The maximum absolute atomic E-state index is 12.6. The molecule has 2 unspecified atom stereocenters. The lowest BCUT2D eigenvalue weighted by Gasteiger charge is -2.31. The standard InChI is InChI=1S/C44H81NO7/c1-6-8-10-12-14-16-18-19-20-21-22-23-24-25-27-28-30-32-34-42(46)51-39-40(38-50-37-36-41(44(48)49)45(3,4)5)52-43(47)35-33-31-29-26-17-15-13-11-9-7-2/h20-23,40-41H,6-19,24-39H2,1-5H3/p+1/b21-20+,23-22+. The van der Waals surface area contributed by atoms with Crippen LogP contribution in [0, 0.1) is 0 Å². The van der Waals surface area contributed by atoms with Gasteiger partial charge in [-0.1, -0.05) is 154 Å². The summed E-state index contributed by atoms with van der Waals surface area (Å²) in [5.41, 5.74) is 0. The van der Waals surface area contributed by atoms with Crippen LogP contribution in [0.3, 0.4) is 0 Å². The van der Waals surface area contributed by atoms with Crippen molar-refractivity contribution in [3.8, 4) is 0 Å². The summed E-state index contributed by atoms with van der Waals surface area (Å²) in [6.45, 7) is 4.71. The molecule has 1 N–H and O–H groups in total. The van der Waals surface area contributed by atoms with Crippen molar-refractivity contribution in [1.82, 2.24) is 0 Å². The highest BCUT2D eigenvalue weighted by atomic mass is 16.6. The number of carbonyl (C=O) groups is 3. The summed E-state index contributed by atoms with van der Waals surface area (Å²) in [5, 5.41) is 9.59.